The van der Waals surface area contributed by atoms with Gasteiger partial charge in [-0.2, -0.15) is 13.2 Å². The molecule has 1 aliphatic heterocycles. The lowest BCUT2D eigenvalue weighted by molar-refractivity contribution is -0.137. The summed E-state index contributed by atoms with van der Waals surface area (Å²) in [6, 6.07) is 12.0. The van der Waals surface area contributed by atoms with E-state index < -0.39 is 17.6 Å². The van der Waals surface area contributed by atoms with Crippen LogP contribution in [0, 0.1) is 6.92 Å². The molecule has 0 unspecified atom stereocenters. The third-order valence-corrected chi connectivity index (χ3v) is 6.53. The van der Waals surface area contributed by atoms with E-state index in [0.29, 0.717) is 46.9 Å². The van der Waals surface area contributed by atoms with Crippen molar-refractivity contribution in [3.8, 4) is 11.1 Å². The van der Waals surface area contributed by atoms with Gasteiger partial charge in [0.25, 0.3) is 11.8 Å². The number of hydrogen-bond donors (Lipinski definition) is 3. The number of carbonyl (C=O) groups is 2. The number of aromatic nitrogens is 1. The fourth-order valence-corrected chi connectivity index (χ4v) is 4.57. The molecule has 1 aliphatic rings. The number of amides is 2. The largest absolute Gasteiger partial charge is 0.416 e. The van der Waals surface area contributed by atoms with Crippen molar-refractivity contribution in [2.24, 2.45) is 0 Å². The molecule has 0 bridgehead atoms. The maximum atomic E-state index is 13.5. The molecule has 2 aromatic carbocycles. The van der Waals surface area contributed by atoms with E-state index in [2.05, 4.69) is 20.5 Å². The van der Waals surface area contributed by atoms with E-state index in [1.807, 2.05) is 13.8 Å². The summed E-state index contributed by atoms with van der Waals surface area (Å²) < 4.78 is 40.6. The summed E-state index contributed by atoms with van der Waals surface area (Å²) in [7, 11) is 0. The van der Waals surface area contributed by atoms with Crippen LogP contribution in [0.4, 0.5) is 18.9 Å². The standard InChI is InChI=1S/C28H29F3N4O2/c1-4-35(5-2)14-13-32-27(37)24-17(3)33-23(16-21-20-11-6-7-12-22(20)34-26(21)36)25(24)18-9-8-10-19(15-18)28(29,30)31/h6-12,15-16,33H,4-5,13-14H2,1-3H3,(H,32,37)(H,34,36)/b21-16-. The molecule has 0 radical (unpaired) electrons. The second-order valence-corrected chi connectivity index (χ2v) is 8.83. The Balaban J connectivity index is 1.82. The number of halogens is 3. The Labute approximate surface area is 213 Å². The number of aromatic amines is 1. The van der Waals surface area contributed by atoms with Gasteiger partial charge in [-0.15, -0.1) is 0 Å². The fourth-order valence-electron chi connectivity index (χ4n) is 4.57. The summed E-state index contributed by atoms with van der Waals surface area (Å²) >= 11 is 0. The third kappa shape index (κ3) is 5.46. The summed E-state index contributed by atoms with van der Waals surface area (Å²) in [5.74, 6) is -0.720. The number of carbonyl (C=O) groups excluding carboxylic acids is 2. The number of hydrogen-bond acceptors (Lipinski definition) is 3. The lowest BCUT2D eigenvalue weighted by Gasteiger charge is -2.18. The Morgan fingerprint density at radius 1 is 1.08 bits per heavy atom. The first-order valence-corrected chi connectivity index (χ1v) is 12.2. The quantitative estimate of drug-likeness (QED) is 0.347. The van der Waals surface area contributed by atoms with E-state index >= 15 is 0 Å². The Morgan fingerprint density at radius 2 is 1.81 bits per heavy atom. The van der Waals surface area contributed by atoms with E-state index in [-0.39, 0.29) is 17.0 Å². The molecule has 6 nitrogen and oxygen atoms in total. The molecule has 0 saturated heterocycles. The van der Waals surface area contributed by atoms with Crippen LogP contribution in [0.2, 0.25) is 0 Å². The molecule has 2 heterocycles. The Kier molecular flexibility index (Phi) is 7.54. The molecule has 37 heavy (non-hydrogen) atoms. The molecular formula is C28H29F3N4O2. The van der Waals surface area contributed by atoms with Crippen molar-refractivity contribution in [1.82, 2.24) is 15.2 Å². The third-order valence-electron chi connectivity index (χ3n) is 6.53. The number of H-pyrrole nitrogens is 1. The molecule has 3 aromatic rings. The maximum absolute atomic E-state index is 13.5. The van der Waals surface area contributed by atoms with E-state index in [9.17, 15) is 22.8 Å². The molecule has 0 spiro atoms. The molecule has 0 aliphatic carbocycles. The minimum Gasteiger partial charge on any atom is -0.358 e. The van der Waals surface area contributed by atoms with Crippen molar-refractivity contribution in [2.75, 3.05) is 31.5 Å². The number of rotatable bonds is 8. The maximum Gasteiger partial charge on any atom is 0.416 e. The van der Waals surface area contributed by atoms with Crippen molar-refractivity contribution >= 4 is 29.2 Å². The van der Waals surface area contributed by atoms with Crippen LogP contribution in [-0.2, 0) is 11.0 Å². The summed E-state index contributed by atoms with van der Waals surface area (Å²) in [5, 5.41) is 5.70. The zero-order valence-corrected chi connectivity index (χ0v) is 20.9. The van der Waals surface area contributed by atoms with Gasteiger partial charge in [0.15, 0.2) is 0 Å². The molecule has 194 valence electrons. The van der Waals surface area contributed by atoms with Gasteiger partial charge in [0.1, 0.15) is 0 Å². The topological polar surface area (TPSA) is 77.2 Å². The monoisotopic (exact) mass is 510 g/mol. The number of aryl methyl sites for hydroxylation is 1. The van der Waals surface area contributed by atoms with Crippen LogP contribution in [0.5, 0.6) is 0 Å². The molecule has 3 N–H and O–H groups in total. The predicted molar refractivity (Wildman–Crippen MR) is 139 cm³/mol. The highest BCUT2D eigenvalue weighted by molar-refractivity contribution is 6.35. The van der Waals surface area contributed by atoms with E-state index in [4.69, 9.17) is 0 Å². The summed E-state index contributed by atoms with van der Waals surface area (Å²) in [6.07, 6.45) is -2.95. The molecule has 0 saturated carbocycles. The number of benzene rings is 2. The number of anilines is 1. The molecule has 1 aromatic heterocycles. The average molecular weight is 511 g/mol. The second-order valence-electron chi connectivity index (χ2n) is 8.83. The highest BCUT2D eigenvalue weighted by Crippen LogP contribution is 2.39. The average Bonchev–Trinajstić information content (AvgIpc) is 3.37. The van der Waals surface area contributed by atoms with Crippen molar-refractivity contribution in [2.45, 2.75) is 26.9 Å². The van der Waals surface area contributed by atoms with E-state index in [0.717, 1.165) is 25.2 Å². The lowest BCUT2D eigenvalue weighted by atomic mass is 9.96. The predicted octanol–water partition coefficient (Wildman–Crippen LogP) is 5.57. The smallest absolute Gasteiger partial charge is 0.358 e. The first kappa shape index (κ1) is 26.2. The normalized spacial score (nSPS) is 14.2. The minimum atomic E-state index is -4.55. The van der Waals surface area contributed by atoms with Gasteiger partial charge >= 0.3 is 6.18 Å². The van der Waals surface area contributed by atoms with Crippen LogP contribution in [-0.4, -0.2) is 47.9 Å². The summed E-state index contributed by atoms with van der Waals surface area (Å²) in [6.45, 7) is 8.48. The van der Waals surface area contributed by atoms with Gasteiger partial charge < -0.3 is 20.5 Å². The Hall–Kier alpha value is -3.85. The first-order valence-electron chi connectivity index (χ1n) is 12.2. The highest BCUT2D eigenvalue weighted by Gasteiger charge is 2.32. The first-order chi connectivity index (χ1) is 17.6. The van der Waals surface area contributed by atoms with Crippen LogP contribution in [0.15, 0.2) is 48.5 Å². The van der Waals surface area contributed by atoms with Gasteiger partial charge in [-0.1, -0.05) is 44.2 Å². The number of para-hydroxylation sites is 1. The molecule has 4 rings (SSSR count). The van der Waals surface area contributed by atoms with Gasteiger partial charge in [-0.05, 0) is 49.9 Å². The minimum absolute atomic E-state index is 0.228. The number of likely N-dealkylation sites (N-methyl/N-ethyl adjacent to an activating group) is 1. The molecular weight excluding hydrogens is 481 g/mol. The Morgan fingerprint density at radius 3 is 2.51 bits per heavy atom. The van der Waals surface area contributed by atoms with Crippen LogP contribution in [0.25, 0.3) is 22.8 Å². The van der Waals surface area contributed by atoms with Crippen LogP contribution < -0.4 is 10.6 Å². The molecule has 2 amide bonds. The molecule has 0 fully saturated rings. The van der Waals surface area contributed by atoms with Gasteiger partial charge in [0.05, 0.1) is 16.7 Å². The summed E-state index contributed by atoms with van der Waals surface area (Å²) in [4.78, 5) is 31.4. The molecule has 0 atom stereocenters. The SMILES string of the molecule is CCN(CC)CCNC(=O)c1c(C)[nH]c(/C=C2\C(=O)Nc3ccccc32)c1-c1cccc(C(F)(F)F)c1. The van der Waals surface area contributed by atoms with E-state index in [1.54, 1.807) is 37.3 Å². The molecule has 9 heteroatoms. The number of alkyl halides is 3. The van der Waals surface area contributed by atoms with E-state index in [1.165, 1.54) is 12.1 Å². The zero-order chi connectivity index (χ0) is 26.7. The van der Waals surface area contributed by atoms with Crippen LogP contribution >= 0.6 is 0 Å². The van der Waals surface area contributed by atoms with Crippen molar-refractivity contribution in [1.29, 1.82) is 0 Å². The second kappa shape index (κ2) is 10.6. The van der Waals surface area contributed by atoms with Crippen molar-refractivity contribution < 1.29 is 22.8 Å². The van der Waals surface area contributed by atoms with Crippen LogP contribution in [0.1, 0.15) is 46.7 Å². The number of nitrogens with one attached hydrogen (secondary N) is 3. The van der Waals surface area contributed by atoms with Gasteiger partial charge in [0, 0.05) is 41.3 Å². The Bertz CT molecular complexity index is 1350. The fraction of sp³-hybridized carbons (Fsp3) is 0.286. The zero-order valence-electron chi connectivity index (χ0n) is 20.9. The highest BCUT2D eigenvalue weighted by atomic mass is 19.4. The van der Waals surface area contributed by atoms with Gasteiger partial charge in [-0.3, -0.25) is 9.59 Å². The lowest BCUT2D eigenvalue weighted by Crippen LogP contribution is -2.35. The number of fused-ring (bicyclic) bond motifs is 1. The summed E-state index contributed by atoms with van der Waals surface area (Å²) in [5.41, 5.74) is 2.53. The number of nitrogens with zero attached hydrogens (tertiary/aromatic N) is 1. The van der Waals surface area contributed by atoms with Gasteiger partial charge in [0.2, 0.25) is 0 Å². The van der Waals surface area contributed by atoms with Crippen molar-refractivity contribution in [3.05, 3.63) is 76.6 Å². The van der Waals surface area contributed by atoms with Gasteiger partial charge in [-0.25, -0.2) is 0 Å². The van der Waals surface area contributed by atoms with Crippen molar-refractivity contribution in [3.63, 3.8) is 0 Å². The van der Waals surface area contributed by atoms with Crippen LogP contribution in [0.3, 0.4) is 0 Å².